The van der Waals surface area contributed by atoms with Gasteiger partial charge in [-0.05, 0) is 59.0 Å². The molecule has 100 valence electrons. The minimum Gasteiger partial charge on any atom is -0.296 e. The fraction of sp³-hybridized carbons (Fsp3) is 0.625. The van der Waals surface area contributed by atoms with Crippen molar-refractivity contribution in [2.75, 3.05) is 6.54 Å². The van der Waals surface area contributed by atoms with E-state index in [4.69, 9.17) is 0 Å². The van der Waals surface area contributed by atoms with Crippen molar-refractivity contribution in [3.05, 3.63) is 33.4 Å². The van der Waals surface area contributed by atoms with Crippen LogP contribution in [0.1, 0.15) is 45.1 Å². The highest BCUT2D eigenvalue weighted by atomic mass is 127. The van der Waals surface area contributed by atoms with E-state index in [1.54, 1.807) is 0 Å². The van der Waals surface area contributed by atoms with Gasteiger partial charge in [-0.25, -0.2) is 0 Å². The lowest BCUT2D eigenvalue weighted by molar-refractivity contribution is 0.168. The molecular weight excluding hydrogens is 333 g/mol. The first-order valence-electron chi connectivity index (χ1n) is 7.13. The van der Waals surface area contributed by atoms with E-state index in [0.717, 1.165) is 18.5 Å². The molecule has 1 saturated carbocycles. The van der Waals surface area contributed by atoms with Gasteiger partial charge in [0.25, 0.3) is 0 Å². The molecule has 1 aliphatic carbocycles. The molecule has 1 fully saturated rings. The normalized spacial score (nSPS) is 16.9. The zero-order valence-electron chi connectivity index (χ0n) is 11.5. The Labute approximate surface area is 125 Å². The predicted octanol–water partition coefficient (Wildman–Crippen LogP) is 4.69. The summed E-state index contributed by atoms with van der Waals surface area (Å²) in [6.07, 6.45) is 5.64. The van der Waals surface area contributed by atoms with Crippen LogP contribution in [0.4, 0.5) is 0 Å². The molecule has 0 heterocycles. The Hall–Kier alpha value is -0.0900. The van der Waals surface area contributed by atoms with E-state index >= 15 is 0 Å². The molecule has 0 saturated heterocycles. The standard InChI is InChI=1S/C16H24IN/c1-13(2)11-18(16-5-3-4-6-16)12-14-7-9-15(17)10-8-14/h7-10,13,16H,3-6,11-12H2,1-2H3. The first-order chi connectivity index (χ1) is 8.65. The van der Waals surface area contributed by atoms with Crippen LogP contribution in [0.2, 0.25) is 0 Å². The van der Waals surface area contributed by atoms with Crippen LogP contribution in [-0.4, -0.2) is 17.5 Å². The lowest BCUT2D eigenvalue weighted by Crippen LogP contribution is -2.35. The van der Waals surface area contributed by atoms with Crippen LogP contribution in [0.3, 0.4) is 0 Å². The molecule has 0 amide bonds. The van der Waals surface area contributed by atoms with Crippen LogP contribution in [0.15, 0.2) is 24.3 Å². The van der Waals surface area contributed by atoms with Crippen LogP contribution in [0.5, 0.6) is 0 Å². The van der Waals surface area contributed by atoms with Gasteiger partial charge in [0, 0.05) is 22.7 Å². The Morgan fingerprint density at radius 3 is 2.33 bits per heavy atom. The number of hydrogen-bond acceptors (Lipinski definition) is 1. The van der Waals surface area contributed by atoms with Crippen molar-refractivity contribution in [1.29, 1.82) is 0 Å². The molecule has 0 bridgehead atoms. The van der Waals surface area contributed by atoms with E-state index in [2.05, 4.69) is 65.6 Å². The van der Waals surface area contributed by atoms with Gasteiger partial charge in [0.05, 0.1) is 0 Å². The second-order valence-electron chi connectivity index (χ2n) is 5.89. The second kappa shape index (κ2) is 6.90. The van der Waals surface area contributed by atoms with E-state index < -0.39 is 0 Å². The zero-order valence-corrected chi connectivity index (χ0v) is 13.7. The summed E-state index contributed by atoms with van der Waals surface area (Å²) in [7, 11) is 0. The average molecular weight is 357 g/mol. The smallest absolute Gasteiger partial charge is 0.0236 e. The average Bonchev–Trinajstić information content (AvgIpc) is 2.84. The SMILES string of the molecule is CC(C)CN(Cc1ccc(I)cc1)C1CCCC1. The molecule has 18 heavy (non-hydrogen) atoms. The van der Waals surface area contributed by atoms with Gasteiger partial charge in [-0.15, -0.1) is 0 Å². The summed E-state index contributed by atoms with van der Waals surface area (Å²) in [6.45, 7) is 7.02. The highest BCUT2D eigenvalue weighted by Crippen LogP contribution is 2.25. The van der Waals surface area contributed by atoms with Crippen LogP contribution < -0.4 is 0 Å². The zero-order chi connectivity index (χ0) is 13.0. The van der Waals surface area contributed by atoms with Crippen molar-refractivity contribution in [2.45, 2.75) is 52.1 Å². The summed E-state index contributed by atoms with van der Waals surface area (Å²) in [5.41, 5.74) is 1.46. The van der Waals surface area contributed by atoms with Gasteiger partial charge in [-0.3, -0.25) is 4.90 Å². The Bertz CT molecular complexity index is 352. The Morgan fingerprint density at radius 2 is 1.78 bits per heavy atom. The third kappa shape index (κ3) is 4.23. The molecule has 1 nitrogen and oxygen atoms in total. The van der Waals surface area contributed by atoms with Crippen LogP contribution >= 0.6 is 22.6 Å². The summed E-state index contributed by atoms with van der Waals surface area (Å²) < 4.78 is 1.33. The predicted molar refractivity (Wildman–Crippen MR) is 86.7 cm³/mol. The summed E-state index contributed by atoms with van der Waals surface area (Å²) in [5, 5.41) is 0. The van der Waals surface area contributed by atoms with E-state index in [0.29, 0.717) is 0 Å². The third-order valence-electron chi connectivity index (χ3n) is 3.74. The molecule has 0 aliphatic heterocycles. The molecule has 0 unspecified atom stereocenters. The summed E-state index contributed by atoms with van der Waals surface area (Å²) in [4.78, 5) is 2.71. The number of hydrogen-bond donors (Lipinski definition) is 0. The molecule has 0 aromatic heterocycles. The molecule has 0 radical (unpaired) electrons. The maximum absolute atomic E-state index is 2.71. The van der Waals surface area contributed by atoms with Crippen molar-refractivity contribution in [3.63, 3.8) is 0 Å². The molecule has 2 rings (SSSR count). The van der Waals surface area contributed by atoms with Crippen LogP contribution in [0.25, 0.3) is 0 Å². The molecule has 1 aliphatic rings. The monoisotopic (exact) mass is 357 g/mol. The lowest BCUT2D eigenvalue weighted by atomic mass is 10.1. The van der Waals surface area contributed by atoms with E-state index in [1.165, 1.54) is 41.4 Å². The van der Waals surface area contributed by atoms with Gasteiger partial charge in [0.2, 0.25) is 0 Å². The first-order valence-corrected chi connectivity index (χ1v) is 8.21. The van der Waals surface area contributed by atoms with Gasteiger partial charge in [0.1, 0.15) is 0 Å². The van der Waals surface area contributed by atoms with Crippen LogP contribution in [-0.2, 0) is 6.54 Å². The first kappa shape index (κ1) is 14.3. The van der Waals surface area contributed by atoms with Crippen molar-refractivity contribution < 1.29 is 0 Å². The number of nitrogens with zero attached hydrogens (tertiary/aromatic N) is 1. The van der Waals surface area contributed by atoms with Crippen molar-refractivity contribution in [3.8, 4) is 0 Å². The minimum absolute atomic E-state index is 0.759. The third-order valence-corrected chi connectivity index (χ3v) is 4.46. The van der Waals surface area contributed by atoms with Gasteiger partial charge < -0.3 is 0 Å². The maximum Gasteiger partial charge on any atom is 0.0236 e. The topological polar surface area (TPSA) is 3.24 Å². The molecule has 1 aromatic rings. The number of benzene rings is 1. The fourth-order valence-electron chi connectivity index (χ4n) is 2.91. The van der Waals surface area contributed by atoms with Gasteiger partial charge in [-0.2, -0.15) is 0 Å². The Kier molecular flexibility index (Phi) is 5.49. The minimum atomic E-state index is 0.759. The molecule has 0 N–H and O–H groups in total. The molecule has 2 heteroatoms. The highest BCUT2D eigenvalue weighted by Gasteiger charge is 2.23. The maximum atomic E-state index is 2.71. The van der Waals surface area contributed by atoms with Gasteiger partial charge >= 0.3 is 0 Å². The summed E-state index contributed by atoms with van der Waals surface area (Å²) in [6, 6.07) is 9.83. The Morgan fingerprint density at radius 1 is 1.17 bits per heavy atom. The summed E-state index contributed by atoms with van der Waals surface area (Å²) >= 11 is 2.37. The van der Waals surface area contributed by atoms with Crippen molar-refractivity contribution in [2.24, 2.45) is 5.92 Å². The summed E-state index contributed by atoms with van der Waals surface area (Å²) in [5.74, 6) is 0.759. The second-order valence-corrected chi connectivity index (χ2v) is 7.13. The molecule has 1 aromatic carbocycles. The van der Waals surface area contributed by atoms with E-state index in [-0.39, 0.29) is 0 Å². The quantitative estimate of drug-likeness (QED) is 0.691. The molecule has 0 atom stereocenters. The molecular formula is C16H24IN. The molecule has 0 spiro atoms. The van der Waals surface area contributed by atoms with Crippen LogP contribution in [0, 0.1) is 9.49 Å². The van der Waals surface area contributed by atoms with Gasteiger partial charge in [-0.1, -0.05) is 38.8 Å². The van der Waals surface area contributed by atoms with Crippen molar-refractivity contribution >= 4 is 22.6 Å². The number of halogens is 1. The van der Waals surface area contributed by atoms with E-state index in [9.17, 15) is 0 Å². The van der Waals surface area contributed by atoms with Gasteiger partial charge in [0.15, 0.2) is 0 Å². The van der Waals surface area contributed by atoms with E-state index in [1.807, 2.05) is 0 Å². The Balaban J connectivity index is 2.01. The van der Waals surface area contributed by atoms with Crippen molar-refractivity contribution in [1.82, 2.24) is 4.90 Å². The highest BCUT2D eigenvalue weighted by molar-refractivity contribution is 14.1. The fourth-order valence-corrected chi connectivity index (χ4v) is 3.27. The lowest BCUT2D eigenvalue weighted by Gasteiger charge is -2.30. The largest absolute Gasteiger partial charge is 0.296 e. The number of rotatable bonds is 5.